The van der Waals surface area contributed by atoms with E-state index in [1.165, 1.54) is 8.47 Å². The van der Waals surface area contributed by atoms with E-state index < -0.39 is 0 Å². The van der Waals surface area contributed by atoms with Crippen molar-refractivity contribution in [1.29, 1.82) is 0 Å². The Morgan fingerprint density at radius 2 is 1.59 bits per heavy atom. The lowest BCUT2D eigenvalue weighted by molar-refractivity contribution is -0.113. The molecule has 6 heteroatoms. The van der Waals surface area contributed by atoms with Gasteiger partial charge in [0.1, 0.15) is 12.4 Å². The van der Waals surface area contributed by atoms with Gasteiger partial charge in [-0.3, -0.25) is 9.59 Å². The second-order valence-corrected chi connectivity index (χ2v) is 8.58. The fourth-order valence-corrected chi connectivity index (χ4v) is 4.03. The molecular weight excluding hydrogens is 497 g/mol. The lowest BCUT2D eigenvalue weighted by Gasteiger charge is -2.11. The fourth-order valence-electron chi connectivity index (χ4n) is 2.83. The van der Waals surface area contributed by atoms with Crippen molar-refractivity contribution in [3.8, 4) is 5.75 Å². The van der Waals surface area contributed by atoms with Crippen molar-refractivity contribution in [3.63, 3.8) is 0 Å². The van der Waals surface area contributed by atoms with Gasteiger partial charge >= 0.3 is 0 Å². The number of hydrogen-bond acceptors (Lipinski definition) is 4. The largest absolute Gasteiger partial charge is 0.489 e. The Kier molecular flexibility index (Phi) is 6.01. The minimum absolute atomic E-state index is 0.287. The molecule has 0 N–H and O–H groups in total. The molecule has 4 rings (SSSR count). The number of ether oxygens (including phenoxy) is 1. The summed E-state index contributed by atoms with van der Waals surface area (Å²) in [4.78, 5) is 26.6. The van der Waals surface area contributed by atoms with Gasteiger partial charge in [0, 0.05) is 3.57 Å². The first-order valence-corrected chi connectivity index (χ1v) is 10.8. The summed E-state index contributed by atoms with van der Waals surface area (Å²) in [7, 11) is 0. The number of rotatable bonds is 5. The monoisotopic (exact) mass is 513 g/mol. The lowest BCUT2D eigenvalue weighted by atomic mass is 10.2. The van der Waals surface area contributed by atoms with Gasteiger partial charge in [0.25, 0.3) is 11.1 Å². The maximum atomic E-state index is 12.7. The number of para-hydroxylation sites is 1. The van der Waals surface area contributed by atoms with Gasteiger partial charge < -0.3 is 4.74 Å². The van der Waals surface area contributed by atoms with Gasteiger partial charge in [-0.15, -0.1) is 0 Å². The van der Waals surface area contributed by atoms with Crippen molar-refractivity contribution in [2.24, 2.45) is 0 Å². The molecule has 0 aliphatic carbocycles. The molecule has 144 valence electrons. The van der Waals surface area contributed by atoms with E-state index in [1.807, 2.05) is 54.6 Å². The molecule has 1 fully saturated rings. The molecular formula is C23H16INO3S. The summed E-state index contributed by atoms with van der Waals surface area (Å²) in [5, 5.41) is -0.287. The van der Waals surface area contributed by atoms with E-state index in [9.17, 15) is 9.59 Å². The molecule has 29 heavy (non-hydrogen) atoms. The van der Waals surface area contributed by atoms with Crippen LogP contribution in [0, 0.1) is 3.57 Å². The highest BCUT2D eigenvalue weighted by atomic mass is 127. The molecule has 0 atom stereocenters. The molecule has 1 aliphatic heterocycles. The molecule has 3 aromatic carbocycles. The molecule has 1 heterocycles. The van der Waals surface area contributed by atoms with Crippen LogP contribution in [0.15, 0.2) is 83.8 Å². The Morgan fingerprint density at radius 1 is 0.897 bits per heavy atom. The van der Waals surface area contributed by atoms with E-state index in [4.69, 9.17) is 4.74 Å². The Labute approximate surface area is 186 Å². The van der Waals surface area contributed by atoms with Crippen LogP contribution in [0.4, 0.5) is 10.5 Å². The molecule has 3 aromatic rings. The number of carbonyl (C=O) groups is 2. The highest BCUT2D eigenvalue weighted by molar-refractivity contribution is 14.1. The third-order valence-corrected chi connectivity index (χ3v) is 5.89. The number of nitrogens with zero attached hydrogens (tertiary/aromatic N) is 1. The van der Waals surface area contributed by atoms with Crippen LogP contribution in [0.2, 0.25) is 0 Å². The summed E-state index contributed by atoms with van der Waals surface area (Å²) in [6.07, 6.45) is 1.73. The quantitative estimate of drug-likeness (QED) is 0.305. The summed E-state index contributed by atoms with van der Waals surface area (Å²) in [6, 6.07) is 24.6. The summed E-state index contributed by atoms with van der Waals surface area (Å²) in [5.74, 6) is 0.448. The van der Waals surface area contributed by atoms with Crippen LogP contribution in [0.5, 0.6) is 5.75 Å². The number of imide groups is 1. The zero-order chi connectivity index (χ0) is 20.2. The summed E-state index contributed by atoms with van der Waals surface area (Å²) in [6.45, 7) is 0.492. The average Bonchev–Trinajstić information content (AvgIpc) is 3.02. The molecule has 1 saturated heterocycles. The minimum atomic E-state index is -0.301. The van der Waals surface area contributed by atoms with Crippen LogP contribution >= 0.6 is 34.4 Å². The van der Waals surface area contributed by atoms with Crippen LogP contribution in [-0.2, 0) is 11.4 Å². The molecule has 0 spiro atoms. The van der Waals surface area contributed by atoms with E-state index in [2.05, 4.69) is 22.6 Å². The third-order valence-electron chi connectivity index (χ3n) is 4.30. The number of thioether (sulfide) groups is 1. The molecule has 0 aromatic heterocycles. The number of hydrogen-bond donors (Lipinski definition) is 0. The van der Waals surface area contributed by atoms with Crippen LogP contribution in [0.1, 0.15) is 11.1 Å². The fraction of sp³-hybridized carbons (Fsp3) is 0.0435. The van der Waals surface area contributed by atoms with Crippen molar-refractivity contribution in [2.75, 3.05) is 4.90 Å². The van der Waals surface area contributed by atoms with Crippen molar-refractivity contribution >= 4 is 57.3 Å². The maximum absolute atomic E-state index is 12.7. The molecule has 2 amide bonds. The number of halogens is 1. The van der Waals surface area contributed by atoms with E-state index in [-0.39, 0.29) is 11.1 Å². The zero-order valence-corrected chi connectivity index (χ0v) is 18.2. The van der Waals surface area contributed by atoms with Crippen LogP contribution in [0.3, 0.4) is 0 Å². The number of carbonyl (C=O) groups excluding carboxylic acids is 2. The zero-order valence-electron chi connectivity index (χ0n) is 15.2. The van der Waals surface area contributed by atoms with Gasteiger partial charge in [-0.25, -0.2) is 4.90 Å². The van der Waals surface area contributed by atoms with Gasteiger partial charge in [-0.1, -0.05) is 42.5 Å². The van der Waals surface area contributed by atoms with E-state index in [1.54, 1.807) is 30.3 Å². The van der Waals surface area contributed by atoms with Gasteiger partial charge in [0.05, 0.1) is 10.6 Å². The minimum Gasteiger partial charge on any atom is -0.489 e. The first-order chi connectivity index (χ1) is 14.1. The first kappa shape index (κ1) is 19.7. The third kappa shape index (κ3) is 4.71. The Balaban J connectivity index is 1.44. The molecule has 0 radical (unpaired) electrons. The summed E-state index contributed by atoms with van der Waals surface area (Å²) < 4.78 is 7.00. The number of anilines is 1. The highest BCUT2D eigenvalue weighted by Gasteiger charge is 2.36. The normalized spacial score (nSPS) is 15.2. The maximum Gasteiger partial charge on any atom is 0.298 e. The Morgan fingerprint density at radius 3 is 2.28 bits per heavy atom. The predicted octanol–water partition coefficient (Wildman–Crippen LogP) is 6.11. The first-order valence-electron chi connectivity index (χ1n) is 8.90. The second-order valence-electron chi connectivity index (χ2n) is 6.34. The van der Waals surface area contributed by atoms with Crippen LogP contribution in [0.25, 0.3) is 6.08 Å². The van der Waals surface area contributed by atoms with E-state index in [0.717, 1.165) is 28.6 Å². The van der Waals surface area contributed by atoms with Gasteiger partial charge in [0.2, 0.25) is 0 Å². The topological polar surface area (TPSA) is 46.6 Å². The standard InChI is InChI=1S/C23H16INO3S/c24-18-10-6-17(7-11-18)15-28-20-12-8-16(9-13-20)14-21-22(26)25(23(27)29-21)19-4-2-1-3-5-19/h1-14H,15H2/b21-14-. The summed E-state index contributed by atoms with van der Waals surface area (Å²) in [5.41, 5.74) is 2.52. The van der Waals surface area contributed by atoms with Crippen LogP contribution in [-0.4, -0.2) is 11.1 Å². The van der Waals surface area contributed by atoms with Crippen molar-refractivity contribution < 1.29 is 14.3 Å². The van der Waals surface area contributed by atoms with Gasteiger partial charge in [0.15, 0.2) is 0 Å². The molecule has 1 aliphatic rings. The van der Waals surface area contributed by atoms with Gasteiger partial charge in [-0.05, 0) is 88.0 Å². The number of benzene rings is 3. The smallest absolute Gasteiger partial charge is 0.298 e. The molecule has 4 nitrogen and oxygen atoms in total. The average molecular weight is 513 g/mol. The Bertz CT molecular complexity index is 1060. The van der Waals surface area contributed by atoms with Crippen molar-refractivity contribution in [1.82, 2.24) is 0 Å². The molecule has 0 bridgehead atoms. The lowest BCUT2D eigenvalue weighted by Crippen LogP contribution is -2.27. The highest BCUT2D eigenvalue weighted by Crippen LogP contribution is 2.35. The predicted molar refractivity (Wildman–Crippen MR) is 125 cm³/mol. The molecule has 0 saturated carbocycles. The number of amides is 2. The molecule has 0 unspecified atom stereocenters. The summed E-state index contributed by atoms with van der Waals surface area (Å²) >= 11 is 3.22. The Hall–Kier alpha value is -2.58. The van der Waals surface area contributed by atoms with E-state index >= 15 is 0 Å². The van der Waals surface area contributed by atoms with Crippen molar-refractivity contribution in [2.45, 2.75) is 6.61 Å². The SMILES string of the molecule is O=C1S/C(=C\c2ccc(OCc3ccc(I)cc3)cc2)C(=O)N1c1ccccc1. The van der Waals surface area contributed by atoms with Crippen molar-refractivity contribution in [3.05, 3.63) is 98.5 Å². The van der Waals surface area contributed by atoms with E-state index in [0.29, 0.717) is 17.2 Å². The van der Waals surface area contributed by atoms with Gasteiger partial charge in [-0.2, -0.15) is 0 Å². The second kappa shape index (κ2) is 8.84. The van der Waals surface area contributed by atoms with Crippen LogP contribution < -0.4 is 9.64 Å².